The van der Waals surface area contributed by atoms with E-state index < -0.39 is 17.3 Å². The first kappa shape index (κ1) is 28.5. The summed E-state index contributed by atoms with van der Waals surface area (Å²) in [4.78, 5) is 31.3. The molecule has 2 aromatic heterocycles. The summed E-state index contributed by atoms with van der Waals surface area (Å²) in [5, 5.41) is 10.1. The number of nitrogens with one attached hydrogen (secondary N) is 1. The Morgan fingerprint density at radius 3 is 2.52 bits per heavy atom. The molecule has 2 heterocycles. The summed E-state index contributed by atoms with van der Waals surface area (Å²) in [6.07, 6.45) is 1.51. The minimum absolute atomic E-state index is 0.194. The Morgan fingerprint density at radius 2 is 1.70 bits per heavy atom. The maximum atomic E-state index is 13.9. The fourth-order valence-corrected chi connectivity index (χ4v) is 5.24. The normalized spacial score (nSPS) is 11.4. The molecule has 0 saturated carbocycles. The van der Waals surface area contributed by atoms with Crippen LogP contribution in [0.5, 0.6) is 11.5 Å². The van der Waals surface area contributed by atoms with Crippen LogP contribution in [0.4, 0.5) is 10.1 Å². The number of amides is 1. The zero-order chi connectivity index (χ0) is 31.6. The number of hydrogen-bond acceptors (Lipinski definition) is 7. The predicted molar refractivity (Wildman–Crippen MR) is 175 cm³/mol. The molecule has 0 saturated heterocycles. The van der Waals surface area contributed by atoms with E-state index in [0.717, 1.165) is 16.2 Å². The van der Waals surface area contributed by atoms with E-state index in [1.807, 2.05) is 42.5 Å². The highest BCUT2D eigenvalue weighted by Crippen LogP contribution is 2.33. The van der Waals surface area contributed by atoms with Crippen LogP contribution < -0.4 is 20.3 Å². The Morgan fingerprint density at radius 1 is 0.913 bits per heavy atom. The number of furan rings is 1. The quantitative estimate of drug-likeness (QED) is 0.185. The zero-order valence-electron chi connectivity index (χ0n) is 24.4. The number of rotatable bonds is 8. The number of carbonyl (C=O) groups excluding carboxylic acids is 1. The van der Waals surface area contributed by atoms with Gasteiger partial charge in [0, 0.05) is 11.3 Å². The summed E-state index contributed by atoms with van der Waals surface area (Å²) in [7, 11) is 1.58. The molecule has 7 aromatic rings. The third kappa shape index (κ3) is 5.43. The van der Waals surface area contributed by atoms with Crippen LogP contribution in [0.3, 0.4) is 0 Å². The molecule has 10 heteroatoms. The fourth-order valence-electron chi connectivity index (χ4n) is 5.24. The molecule has 0 aliphatic rings. The lowest BCUT2D eigenvalue weighted by Gasteiger charge is -2.12. The molecular weight excluding hydrogens is 587 g/mol. The number of methoxy groups -OCH3 is 1. The molecule has 226 valence electrons. The fraction of sp³-hybridized carbons (Fsp3) is 0.0556. The van der Waals surface area contributed by atoms with Crippen molar-refractivity contribution in [2.75, 3.05) is 19.0 Å². The van der Waals surface area contributed by atoms with Gasteiger partial charge in [-0.15, -0.1) is 0 Å². The molecule has 7 rings (SSSR count). The first-order valence-corrected chi connectivity index (χ1v) is 14.3. The van der Waals surface area contributed by atoms with E-state index in [1.54, 1.807) is 49.6 Å². The van der Waals surface area contributed by atoms with Crippen molar-refractivity contribution in [1.82, 2.24) is 9.66 Å². The number of carbonyl (C=O) groups is 1. The maximum Gasteiger partial charge on any atom is 0.282 e. The van der Waals surface area contributed by atoms with E-state index in [9.17, 15) is 14.0 Å². The number of para-hydroxylation sites is 1. The SMILES string of the molecule is COc1cccc2oc(-c3nc4ccccc4c(=O)n3N=Cc3c(OCC(=O)Nc4ccc(F)cc4)ccc4ccccc34)cc12. The Kier molecular flexibility index (Phi) is 7.43. The van der Waals surface area contributed by atoms with Crippen LogP contribution in [0.1, 0.15) is 5.56 Å². The van der Waals surface area contributed by atoms with Gasteiger partial charge in [0.1, 0.15) is 22.9 Å². The molecule has 0 bridgehead atoms. The van der Waals surface area contributed by atoms with Crippen LogP contribution in [0.15, 0.2) is 124 Å². The third-order valence-electron chi connectivity index (χ3n) is 7.44. The number of nitrogens with zero attached hydrogens (tertiary/aromatic N) is 3. The van der Waals surface area contributed by atoms with Gasteiger partial charge in [-0.25, -0.2) is 9.37 Å². The predicted octanol–water partition coefficient (Wildman–Crippen LogP) is 7.01. The third-order valence-corrected chi connectivity index (χ3v) is 7.44. The number of benzene rings is 5. The van der Waals surface area contributed by atoms with Crippen molar-refractivity contribution in [3.63, 3.8) is 0 Å². The average molecular weight is 613 g/mol. The lowest BCUT2D eigenvalue weighted by molar-refractivity contribution is -0.118. The lowest BCUT2D eigenvalue weighted by Crippen LogP contribution is -2.21. The minimum atomic E-state index is -0.430. The molecule has 0 aliphatic carbocycles. The van der Waals surface area contributed by atoms with Gasteiger partial charge in [0.25, 0.3) is 11.5 Å². The van der Waals surface area contributed by atoms with Gasteiger partial charge in [0.05, 0.1) is 29.6 Å². The van der Waals surface area contributed by atoms with Gasteiger partial charge in [0.15, 0.2) is 12.4 Å². The first-order chi connectivity index (χ1) is 22.5. The summed E-state index contributed by atoms with van der Waals surface area (Å²) in [6, 6.07) is 30.9. The standard InChI is InChI=1S/C36H25FN4O5/c1-44-30-11-6-12-32-27(30)19-33(46-32)35-40-29-10-5-4-9-26(29)36(43)41(35)38-20-28-25-8-3-2-7-22(25)13-18-31(28)45-21-34(42)39-24-16-14-23(37)15-17-24/h2-20H,21H2,1H3,(H,39,42). The van der Waals surface area contributed by atoms with Crippen molar-refractivity contribution in [1.29, 1.82) is 0 Å². The van der Waals surface area contributed by atoms with E-state index in [2.05, 4.69) is 10.4 Å². The molecule has 0 aliphatic heterocycles. The summed E-state index contributed by atoms with van der Waals surface area (Å²) in [5.74, 6) is 0.671. The molecule has 0 unspecified atom stereocenters. The summed E-state index contributed by atoms with van der Waals surface area (Å²) >= 11 is 0. The lowest BCUT2D eigenvalue weighted by atomic mass is 10.0. The second-order valence-electron chi connectivity index (χ2n) is 10.3. The second-order valence-corrected chi connectivity index (χ2v) is 10.3. The number of hydrogen-bond donors (Lipinski definition) is 1. The summed E-state index contributed by atoms with van der Waals surface area (Å²) < 4.78 is 32.1. The van der Waals surface area contributed by atoms with Gasteiger partial charge in [-0.05, 0) is 71.4 Å². The van der Waals surface area contributed by atoms with E-state index in [4.69, 9.17) is 18.9 Å². The number of aromatic nitrogens is 2. The smallest absolute Gasteiger partial charge is 0.282 e. The molecule has 0 atom stereocenters. The van der Waals surface area contributed by atoms with Crippen molar-refractivity contribution in [3.8, 4) is 23.1 Å². The van der Waals surface area contributed by atoms with E-state index in [-0.39, 0.29) is 12.4 Å². The number of ether oxygens (including phenoxy) is 2. The Hall–Kier alpha value is -6.29. The highest BCUT2D eigenvalue weighted by atomic mass is 19.1. The van der Waals surface area contributed by atoms with E-state index in [0.29, 0.717) is 45.0 Å². The van der Waals surface area contributed by atoms with Crippen molar-refractivity contribution < 1.29 is 23.1 Å². The molecule has 0 fully saturated rings. The molecule has 1 amide bonds. The van der Waals surface area contributed by atoms with Crippen LogP contribution in [-0.4, -0.2) is 35.5 Å². The highest BCUT2D eigenvalue weighted by Gasteiger charge is 2.18. The molecule has 1 N–H and O–H groups in total. The van der Waals surface area contributed by atoms with Crippen LogP contribution in [0.25, 0.3) is 44.2 Å². The first-order valence-electron chi connectivity index (χ1n) is 14.3. The van der Waals surface area contributed by atoms with Crippen LogP contribution in [0.2, 0.25) is 0 Å². The molecule has 9 nitrogen and oxygen atoms in total. The molecule has 0 radical (unpaired) electrons. The van der Waals surface area contributed by atoms with E-state index in [1.165, 1.54) is 35.2 Å². The van der Waals surface area contributed by atoms with Gasteiger partial charge in [-0.2, -0.15) is 9.78 Å². The van der Waals surface area contributed by atoms with Crippen molar-refractivity contribution in [3.05, 3.63) is 131 Å². The second kappa shape index (κ2) is 12.0. The Bertz CT molecular complexity index is 2340. The summed E-state index contributed by atoms with van der Waals surface area (Å²) in [5.41, 5.74) is 1.64. The maximum absolute atomic E-state index is 13.9. The highest BCUT2D eigenvalue weighted by molar-refractivity contribution is 6.03. The molecule has 0 spiro atoms. The van der Waals surface area contributed by atoms with Gasteiger partial charge >= 0.3 is 0 Å². The van der Waals surface area contributed by atoms with Gasteiger partial charge in [-0.1, -0.05) is 48.5 Å². The Balaban J connectivity index is 1.31. The largest absolute Gasteiger partial charge is 0.496 e. The average Bonchev–Trinajstić information content (AvgIpc) is 3.53. The van der Waals surface area contributed by atoms with E-state index >= 15 is 0 Å². The van der Waals surface area contributed by atoms with Crippen molar-refractivity contribution in [2.45, 2.75) is 0 Å². The van der Waals surface area contributed by atoms with Crippen molar-refractivity contribution >= 4 is 50.5 Å². The number of anilines is 1. The van der Waals surface area contributed by atoms with Crippen molar-refractivity contribution in [2.24, 2.45) is 5.10 Å². The van der Waals surface area contributed by atoms with Crippen LogP contribution >= 0.6 is 0 Å². The molecular formula is C36H25FN4O5. The van der Waals surface area contributed by atoms with Gasteiger partial charge in [-0.3, -0.25) is 9.59 Å². The molecule has 46 heavy (non-hydrogen) atoms. The minimum Gasteiger partial charge on any atom is -0.496 e. The Labute approximate surface area is 261 Å². The van der Waals surface area contributed by atoms with Gasteiger partial charge < -0.3 is 19.2 Å². The van der Waals surface area contributed by atoms with Crippen LogP contribution in [0, 0.1) is 5.82 Å². The zero-order valence-corrected chi connectivity index (χ0v) is 24.4. The summed E-state index contributed by atoms with van der Waals surface area (Å²) in [6.45, 7) is -0.319. The monoisotopic (exact) mass is 612 g/mol. The number of halogens is 1. The molecule has 5 aromatic carbocycles. The van der Waals surface area contributed by atoms with Crippen LogP contribution in [-0.2, 0) is 4.79 Å². The number of fused-ring (bicyclic) bond motifs is 3. The topological polar surface area (TPSA) is 108 Å². The van der Waals surface area contributed by atoms with Gasteiger partial charge in [0.2, 0.25) is 5.82 Å².